The SMILES string of the molecule is CCCCN(C)C(=O)C1CCN(C(=O)Nc2cc(F)ccc2C)CC1. The molecule has 25 heavy (non-hydrogen) atoms. The van der Waals surface area contributed by atoms with E-state index in [1.165, 1.54) is 12.1 Å². The monoisotopic (exact) mass is 349 g/mol. The quantitative estimate of drug-likeness (QED) is 0.882. The predicted octanol–water partition coefficient (Wildman–Crippen LogP) is 3.64. The summed E-state index contributed by atoms with van der Waals surface area (Å²) >= 11 is 0. The van der Waals surface area contributed by atoms with E-state index in [4.69, 9.17) is 0 Å². The lowest BCUT2D eigenvalue weighted by Gasteiger charge is -2.33. The highest BCUT2D eigenvalue weighted by Crippen LogP contribution is 2.21. The van der Waals surface area contributed by atoms with Gasteiger partial charge in [0.15, 0.2) is 0 Å². The summed E-state index contributed by atoms with van der Waals surface area (Å²) in [5.41, 5.74) is 1.31. The number of unbranched alkanes of at least 4 members (excludes halogenated alkanes) is 1. The van der Waals surface area contributed by atoms with E-state index in [9.17, 15) is 14.0 Å². The summed E-state index contributed by atoms with van der Waals surface area (Å²) in [6.07, 6.45) is 3.42. The number of hydrogen-bond acceptors (Lipinski definition) is 2. The van der Waals surface area contributed by atoms with Crippen LogP contribution >= 0.6 is 0 Å². The van der Waals surface area contributed by atoms with Crippen LogP contribution in [0.25, 0.3) is 0 Å². The molecule has 1 saturated heterocycles. The second-order valence-electron chi connectivity index (χ2n) is 6.76. The van der Waals surface area contributed by atoms with Gasteiger partial charge in [0.2, 0.25) is 5.91 Å². The van der Waals surface area contributed by atoms with E-state index in [0.717, 1.165) is 24.9 Å². The Labute approximate surface area is 149 Å². The van der Waals surface area contributed by atoms with Gasteiger partial charge >= 0.3 is 6.03 Å². The van der Waals surface area contributed by atoms with E-state index in [2.05, 4.69) is 12.2 Å². The number of nitrogens with zero attached hydrogens (tertiary/aromatic N) is 2. The summed E-state index contributed by atoms with van der Waals surface area (Å²) in [7, 11) is 1.85. The number of carbonyl (C=O) groups is 2. The normalized spacial score (nSPS) is 15.1. The van der Waals surface area contributed by atoms with Gasteiger partial charge < -0.3 is 15.1 Å². The summed E-state index contributed by atoms with van der Waals surface area (Å²) in [6, 6.07) is 4.10. The van der Waals surface area contributed by atoms with Crippen molar-refractivity contribution < 1.29 is 14.0 Å². The van der Waals surface area contributed by atoms with Crippen LogP contribution in [0.2, 0.25) is 0 Å². The lowest BCUT2D eigenvalue weighted by Crippen LogP contribution is -2.45. The van der Waals surface area contributed by atoms with Crippen molar-refractivity contribution >= 4 is 17.6 Å². The number of amides is 3. The summed E-state index contributed by atoms with van der Waals surface area (Å²) < 4.78 is 13.3. The Balaban J connectivity index is 1.86. The van der Waals surface area contributed by atoms with Crippen molar-refractivity contribution in [2.75, 3.05) is 32.0 Å². The molecule has 1 aliphatic heterocycles. The average Bonchev–Trinajstić information content (AvgIpc) is 2.62. The highest BCUT2D eigenvalue weighted by Gasteiger charge is 2.29. The van der Waals surface area contributed by atoms with Gasteiger partial charge in [0.05, 0.1) is 0 Å². The van der Waals surface area contributed by atoms with Crippen LogP contribution in [0.3, 0.4) is 0 Å². The van der Waals surface area contributed by atoms with Crippen LogP contribution < -0.4 is 5.32 Å². The summed E-state index contributed by atoms with van der Waals surface area (Å²) in [4.78, 5) is 28.3. The van der Waals surface area contributed by atoms with E-state index in [1.807, 2.05) is 14.0 Å². The topological polar surface area (TPSA) is 52.7 Å². The maximum Gasteiger partial charge on any atom is 0.321 e. The van der Waals surface area contributed by atoms with Crippen LogP contribution in [0.1, 0.15) is 38.2 Å². The molecule has 0 aromatic heterocycles. The molecule has 138 valence electrons. The number of halogens is 1. The number of aryl methyl sites for hydroxylation is 1. The van der Waals surface area contributed by atoms with Crippen LogP contribution in [0.15, 0.2) is 18.2 Å². The molecular formula is C19H28FN3O2. The molecule has 1 aromatic rings. The number of urea groups is 1. The van der Waals surface area contributed by atoms with E-state index < -0.39 is 0 Å². The standard InChI is InChI=1S/C19H28FN3O2/c1-4-5-10-22(3)18(24)15-8-11-23(12-9-15)19(25)21-17-13-16(20)7-6-14(17)2/h6-7,13,15H,4-5,8-12H2,1-3H3,(H,21,25). The molecule has 1 fully saturated rings. The zero-order valence-electron chi connectivity index (χ0n) is 15.3. The Morgan fingerprint density at radius 2 is 2.00 bits per heavy atom. The number of anilines is 1. The molecule has 1 heterocycles. The molecular weight excluding hydrogens is 321 g/mol. The molecule has 0 saturated carbocycles. The van der Waals surface area contributed by atoms with E-state index in [0.29, 0.717) is 31.6 Å². The molecule has 0 atom stereocenters. The first-order valence-corrected chi connectivity index (χ1v) is 8.99. The van der Waals surface area contributed by atoms with Crippen molar-refractivity contribution in [3.63, 3.8) is 0 Å². The molecule has 0 radical (unpaired) electrons. The first-order chi connectivity index (χ1) is 11.9. The van der Waals surface area contributed by atoms with E-state index >= 15 is 0 Å². The van der Waals surface area contributed by atoms with Crippen molar-refractivity contribution in [2.45, 2.75) is 39.5 Å². The third-order valence-electron chi connectivity index (χ3n) is 4.80. The zero-order valence-corrected chi connectivity index (χ0v) is 15.3. The minimum Gasteiger partial charge on any atom is -0.346 e. The molecule has 6 heteroatoms. The van der Waals surface area contributed by atoms with Crippen molar-refractivity contribution in [2.24, 2.45) is 5.92 Å². The molecule has 1 N–H and O–H groups in total. The molecule has 2 rings (SSSR count). The van der Waals surface area contributed by atoms with Crippen LogP contribution in [0.5, 0.6) is 0 Å². The number of hydrogen-bond donors (Lipinski definition) is 1. The van der Waals surface area contributed by atoms with Gasteiger partial charge in [-0.05, 0) is 43.9 Å². The Morgan fingerprint density at radius 1 is 1.32 bits per heavy atom. The fourth-order valence-corrected chi connectivity index (χ4v) is 3.07. The molecule has 1 aromatic carbocycles. The Bertz CT molecular complexity index is 613. The molecule has 0 unspecified atom stereocenters. The Hall–Kier alpha value is -2.11. The van der Waals surface area contributed by atoms with Gasteiger partial charge in [-0.3, -0.25) is 4.79 Å². The van der Waals surface area contributed by atoms with Crippen LogP contribution in [0.4, 0.5) is 14.9 Å². The lowest BCUT2D eigenvalue weighted by atomic mass is 9.95. The highest BCUT2D eigenvalue weighted by atomic mass is 19.1. The molecule has 5 nitrogen and oxygen atoms in total. The predicted molar refractivity (Wildman–Crippen MR) is 97.0 cm³/mol. The molecule has 3 amide bonds. The van der Waals surface area contributed by atoms with Gasteiger partial charge in [-0.2, -0.15) is 0 Å². The van der Waals surface area contributed by atoms with E-state index in [-0.39, 0.29) is 23.7 Å². The van der Waals surface area contributed by atoms with Gasteiger partial charge in [0.1, 0.15) is 5.82 Å². The Morgan fingerprint density at radius 3 is 2.64 bits per heavy atom. The largest absolute Gasteiger partial charge is 0.346 e. The zero-order chi connectivity index (χ0) is 18.4. The first-order valence-electron chi connectivity index (χ1n) is 8.99. The molecule has 0 bridgehead atoms. The van der Waals surface area contributed by atoms with E-state index in [1.54, 1.807) is 15.9 Å². The maximum absolute atomic E-state index is 13.3. The number of piperidine rings is 1. The lowest BCUT2D eigenvalue weighted by molar-refractivity contribution is -0.135. The maximum atomic E-state index is 13.3. The third-order valence-corrected chi connectivity index (χ3v) is 4.80. The minimum absolute atomic E-state index is 0.0122. The van der Waals surface area contributed by atoms with Gasteiger partial charge in [-0.1, -0.05) is 19.4 Å². The number of rotatable bonds is 5. The van der Waals surface area contributed by atoms with Crippen molar-refractivity contribution in [3.8, 4) is 0 Å². The minimum atomic E-state index is -0.375. The molecule has 1 aliphatic rings. The van der Waals surface area contributed by atoms with Crippen molar-refractivity contribution in [3.05, 3.63) is 29.6 Å². The summed E-state index contributed by atoms with van der Waals surface area (Å²) in [5, 5.41) is 2.77. The van der Waals surface area contributed by atoms with Gasteiger partial charge in [0, 0.05) is 38.3 Å². The van der Waals surface area contributed by atoms with Crippen molar-refractivity contribution in [1.82, 2.24) is 9.80 Å². The summed E-state index contributed by atoms with van der Waals surface area (Å²) in [5.74, 6) is -0.211. The number of benzene rings is 1. The fourth-order valence-electron chi connectivity index (χ4n) is 3.07. The second-order valence-corrected chi connectivity index (χ2v) is 6.76. The smallest absolute Gasteiger partial charge is 0.321 e. The van der Waals surface area contributed by atoms with Crippen LogP contribution in [-0.2, 0) is 4.79 Å². The molecule has 0 spiro atoms. The van der Waals surface area contributed by atoms with Gasteiger partial charge in [0.25, 0.3) is 0 Å². The number of nitrogens with one attached hydrogen (secondary N) is 1. The average molecular weight is 349 g/mol. The van der Waals surface area contributed by atoms with Crippen molar-refractivity contribution in [1.29, 1.82) is 0 Å². The molecule has 0 aliphatic carbocycles. The Kier molecular flexibility index (Phi) is 6.79. The summed E-state index contributed by atoms with van der Waals surface area (Å²) in [6.45, 7) is 5.80. The van der Waals surface area contributed by atoms with Gasteiger partial charge in [-0.25, -0.2) is 9.18 Å². The van der Waals surface area contributed by atoms with Crippen LogP contribution in [0, 0.1) is 18.7 Å². The number of likely N-dealkylation sites (tertiary alicyclic amines) is 1. The fraction of sp³-hybridized carbons (Fsp3) is 0.579. The highest BCUT2D eigenvalue weighted by molar-refractivity contribution is 5.90. The first kappa shape index (κ1) is 19.2. The second kappa shape index (κ2) is 8.83. The number of carbonyl (C=O) groups excluding carboxylic acids is 2. The third kappa shape index (κ3) is 5.18. The van der Waals surface area contributed by atoms with Crippen LogP contribution in [-0.4, -0.2) is 48.4 Å². The van der Waals surface area contributed by atoms with Gasteiger partial charge in [-0.15, -0.1) is 0 Å².